The van der Waals surface area contributed by atoms with E-state index in [4.69, 9.17) is 10.5 Å². The minimum Gasteiger partial charge on any atom is -0.376 e. The number of amides is 4. The van der Waals surface area contributed by atoms with E-state index in [1.165, 1.54) is 0 Å². The molecule has 0 bridgehead atoms. The summed E-state index contributed by atoms with van der Waals surface area (Å²) >= 11 is 0. The van der Waals surface area contributed by atoms with Crippen LogP contribution in [-0.2, 0) is 20.9 Å². The van der Waals surface area contributed by atoms with Gasteiger partial charge in [-0.1, -0.05) is 12.1 Å². The van der Waals surface area contributed by atoms with Crippen LogP contribution in [0.2, 0.25) is 0 Å². The lowest BCUT2D eigenvalue weighted by atomic mass is 10.0. The fraction of sp³-hybridized carbons (Fsp3) is 0.500. The van der Waals surface area contributed by atoms with Crippen LogP contribution in [0.4, 0.5) is 0 Å². The number of nitrogens with zero attached hydrogens (tertiary/aromatic N) is 2. The maximum atomic E-state index is 13.1. The van der Waals surface area contributed by atoms with Crippen molar-refractivity contribution in [3.05, 3.63) is 34.9 Å². The molecule has 2 atom stereocenters. The van der Waals surface area contributed by atoms with Crippen molar-refractivity contribution in [2.45, 2.75) is 38.0 Å². The molecule has 3 N–H and O–H groups in total. The monoisotopic (exact) mass is 400 g/mol. The van der Waals surface area contributed by atoms with Gasteiger partial charge in [0.15, 0.2) is 0 Å². The average molecular weight is 400 g/mol. The maximum Gasteiger partial charge on any atom is 0.262 e. The van der Waals surface area contributed by atoms with Gasteiger partial charge in [0, 0.05) is 32.6 Å². The summed E-state index contributed by atoms with van der Waals surface area (Å²) < 4.78 is 5.70. The lowest BCUT2D eigenvalue weighted by Gasteiger charge is -2.28. The molecule has 3 heterocycles. The second kappa shape index (κ2) is 8.02. The van der Waals surface area contributed by atoms with Gasteiger partial charge in [0.25, 0.3) is 11.8 Å². The molecule has 1 aromatic carbocycles. The van der Waals surface area contributed by atoms with Gasteiger partial charge in [0.2, 0.25) is 11.8 Å². The number of nitrogens with one attached hydrogen (secondary N) is 1. The molecule has 4 rings (SSSR count). The molecule has 3 aliphatic heterocycles. The Kier molecular flexibility index (Phi) is 5.44. The van der Waals surface area contributed by atoms with Crippen molar-refractivity contribution in [1.29, 1.82) is 0 Å². The number of carbonyl (C=O) groups is 4. The molecule has 4 amide bonds. The highest BCUT2D eigenvalue weighted by molar-refractivity contribution is 6.24. The van der Waals surface area contributed by atoms with Gasteiger partial charge in [0.1, 0.15) is 6.04 Å². The van der Waals surface area contributed by atoms with E-state index in [0.29, 0.717) is 30.8 Å². The molecule has 29 heavy (non-hydrogen) atoms. The Morgan fingerprint density at radius 1 is 1.14 bits per heavy atom. The second-order valence-corrected chi connectivity index (χ2v) is 7.59. The van der Waals surface area contributed by atoms with E-state index < -0.39 is 23.8 Å². The minimum absolute atomic E-state index is 0.106. The van der Waals surface area contributed by atoms with Gasteiger partial charge in [-0.3, -0.25) is 34.3 Å². The third-order valence-corrected chi connectivity index (χ3v) is 5.65. The Morgan fingerprint density at radius 3 is 2.72 bits per heavy atom. The molecular weight excluding hydrogens is 376 g/mol. The summed E-state index contributed by atoms with van der Waals surface area (Å²) in [6.07, 6.45) is 1.27. The molecule has 2 fully saturated rings. The Hall–Kier alpha value is -2.62. The number of hydrogen-bond acceptors (Lipinski definition) is 7. The highest BCUT2D eigenvalue weighted by atomic mass is 16.5. The summed E-state index contributed by atoms with van der Waals surface area (Å²) in [5.41, 5.74) is 6.91. The molecule has 9 heteroatoms. The predicted molar refractivity (Wildman–Crippen MR) is 102 cm³/mol. The highest BCUT2D eigenvalue weighted by Crippen LogP contribution is 2.31. The molecule has 2 unspecified atom stereocenters. The van der Waals surface area contributed by atoms with E-state index in [1.807, 2.05) is 6.07 Å². The van der Waals surface area contributed by atoms with E-state index in [0.717, 1.165) is 30.0 Å². The Balaban J connectivity index is 1.52. The highest BCUT2D eigenvalue weighted by Gasteiger charge is 2.45. The molecular formula is C20H24N4O5. The lowest BCUT2D eigenvalue weighted by molar-refractivity contribution is -0.136. The summed E-state index contributed by atoms with van der Waals surface area (Å²) in [6, 6.07) is 4.26. The molecule has 0 radical (unpaired) electrons. The lowest BCUT2D eigenvalue weighted by Crippen LogP contribution is -2.54. The van der Waals surface area contributed by atoms with E-state index >= 15 is 0 Å². The van der Waals surface area contributed by atoms with Crippen LogP contribution in [-0.4, -0.2) is 71.8 Å². The van der Waals surface area contributed by atoms with Crippen LogP contribution in [0.15, 0.2) is 18.2 Å². The summed E-state index contributed by atoms with van der Waals surface area (Å²) in [7, 11) is 0. The van der Waals surface area contributed by atoms with Crippen molar-refractivity contribution in [3.63, 3.8) is 0 Å². The third-order valence-electron chi connectivity index (χ3n) is 5.65. The molecule has 2 saturated heterocycles. The number of ether oxygens (including phenoxy) is 1. The van der Waals surface area contributed by atoms with Crippen molar-refractivity contribution >= 4 is 23.6 Å². The molecule has 0 saturated carbocycles. The zero-order valence-electron chi connectivity index (χ0n) is 16.1. The van der Waals surface area contributed by atoms with Crippen LogP contribution >= 0.6 is 0 Å². The third kappa shape index (κ3) is 3.68. The van der Waals surface area contributed by atoms with E-state index in [9.17, 15) is 19.2 Å². The van der Waals surface area contributed by atoms with E-state index in [2.05, 4.69) is 10.2 Å². The first-order chi connectivity index (χ1) is 14.0. The molecule has 3 aliphatic rings. The number of nitrogens with two attached hydrogens (primary N) is 1. The molecule has 0 spiro atoms. The normalized spacial score (nSPS) is 24.9. The first-order valence-corrected chi connectivity index (χ1v) is 9.87. The summed E-state index contributed by atoms with van der Waals surface area (Å²) in [5, 5.41) is 2.21. The quantitative estimate of drug-likeness (QED) is 0.625. The molecule has 0 aliphatic carbocycles. The van der Waals surface area contributed by atoms with Gasteiger partial charge in [-0.15, -0.1) is 0 Å². The Morgan fingerprint density at radius 2 is 1.97 bits per heavy atom. The van der Waals surface area contributed by atoms with Gasteiger partial charge in [-0.05, 0) is 24.5 Å². The van der Waals surface area contributed by atoms with Gasteiger partial charge in [0.05, 0.1) is 23.8 Å². The van der Waals surface area contributed by atoms with Crippen LogP contribution in [0.3, 0.4) is 0 Å². The number of fused-ring (bicyclic) bond motifs is 1. The molecule has 9 nitrogen and oxygen atoms in total. The zero-order chi connectivity index (χ0) is 20.5. The molecule has 1 aromatic rings. The largest absolute Gasteiger partial charge is 0.376 e. The fourth-order valence-electron chi connectivity index (χ4n) is 4.27. The minimum atomic E-state index is -0.950. The van der Waals surface area contributed by atoms with Gasteiger partial charge < -0.3 is 10.5 Å². The topological polar surface area (TPSA) is 122 Å². The maximum absolute atomic E-state index is 13.1. The van der Waals surface area contributed by atoms with E-state index in [-0.39, 0.29) is 24.9 Å². The standard InChI is InChI=1S/C20H24N4O5/c21-7-9-29-13-6-8-23(11-13)10-12-2-1-3-14-17(12)20(28)24(19(14)27)15-4-5-16(25)22-18(15)26/h1-3,13,15H,4-11,21H2,(H,22,25,26). The van der Waals surface area contributed by atoms with Crippen molar-refractivity contribution in [2.75, 3.05) is 26.2 Å². The number of carbonyl (C=O) groups excluding carboxylic acids is 4. The predicted octanol–water partition coefficient (Wildman–Crippen LogP) is -0.363. The van der Waals surface area contributed by atoms with Gasteiger partial charge >= 0.3 is 0 Å². The first-order valence-electron chi connectivity index (χ1n) is 9.87. The number of piperidine rings is 1. The summed E-state index contributed by atoms with van der Waals surface area (Å²) in [6.45, 7) is 3.09. The molecule has 0 aromatic heterocycles. The number of rotatable bonds is 6. The molecule has 154 valence electrons. The van der Waals surface area contributed by atoms with Crippen LogP contribution in [0.5, 0.6) is 0 Å². The summed E-state index contributed by atoms with van der Waals surface area (Å²) in [4.78, 5) is 52.8. The SMILES string of the molecule is NCCOC1CCN(Cc2cccc3c2C(=O)N(C2CCC(=O)NC2=O)C3=O)C1. The van der Waals surface area contributed by atoms with Gasteiger partial charge in [-0.2, -0.15) is 0 Å². The van der Waals surface area contributed by atoms with Crippen LogP contribution < -0.4 is 11.1 Å². The number of benzene rings is 1. The first kappa shape index (κ1) is 19.7. The smallest absolute Gasteiger partial charge is 0.262 e. The number of likely N-dealkylation sites (tertiary alicyclic amines) is 1. The summed E-state index contributed by atoms with van der Waals surface area (Å²) in [5.74, 6) is -1.93. The number of hydrogen-bond donors (Lipinski definition) is 2. The van der Waals surface area contributed by atoms with Crippen molar-refractivity contribution in [2.24, 2.45) is 5.73 Å². The zero-order valence-corrected chi connectivity index (χ0v) is 16.1. The van der Waals surface area contributed by atoms with E-state index in [1.54, 1.807) is 12.1 Å². The Bertz CT molecular complexity index is 870. The van der Waals surface area contributed by atoms with Gasteiger partial charge in [-0.25, -0.2) is 0 Å². The number of imide groups is 2. The van der Waals surface area contributed by atoms with Crippen molar-refractivity contribution < 1.29 is 23.9 Å². The van der Waals surface area contributed by atoms with Crippen molar-refractivity contribution in [1.82, 2.24) is 15.1 Å². The fourth-order valence-corrected chi connectivity index (χ4v) is 4.27. The van der Waals surface area contributed by atoms with Crippen molar-refractivity contribution in [3.8, 4) is 0 Å². The van der Waals surface area contributed by atoms with Crippen LogP contribution in [0.25, 0.3) is 0 Å². The Labute approximate surface area is 168 Å². The van der Waals surface area contributed by atoms with Crippen LogP contribution in [0, 0.1) is 0 Å². The second-order valence-electron chi connectivity index (χ2n) is 7.59. The van der Waals surface area contributed by atoms with Crippen LogP contribution in [0.1, 0.15) is 45.5 Å². The average Bonchev–Trinajstić information content (AvgIpc) is 3.24.